The van der Waals surface area contributed by atoms with Crippen LogP contribution in [0.2, 0.25) is 0 Å². The lowest BCUT2D eigenvalue weighted by atomic mass is 10.00. The molecular weight excluding hydrogens is 272 g/mol. The minimum atomic E-state index is -0.726. The monoisotopic (exact) mass is 291 g/mol. The molecule has 0 aromatic heterocycles. The molecule has 0 bridgehead atoms. The van der Waals surface area contributed by atoms with Crippen LogP contribution in [0.3, 0.4) is 0 Å². The Balaban J connectivity index is 2.30. The minimum absolute atomic E-state index is 0.00544. The van der Waals surface area contributed by atoms with Gasteiger partial charge in [0.2, 0.25) is 0 Å². The number of rotatable bonds is 5. The van der Waals surface area contributed by atoms with Crippen molar-refractivity contribution in [2.24, 2.45) is 5.73 Å². The summed E-state index contributed by atoms with van der Waals surface area (Å²) in [5.41, 5.74) is 8.09. The molecule has 4 heteroatoms. The highest BCUT2D eigenvalue weighted by atomic mass is 19.1. The number of nitrogens with two attached hydrogens (primary N) is 1. The Morgan fingerprint density at radius 3 is 2.33 bits per heavy atom. The highest BCUT2D eigenvalue weighted by Crippen LogP contribution is 2.28. The van der Waals surface area contributed by atoms with E-state index in [2.05, 4.69) is 0 Å². The molecule has 2 aromatic rings. The van der Waals surface area contributed by atoms with Gasteiger partial charge in [-0.25, -0.2) is 8.78 Å². The summed E-state index contributed by atoms with van der Waals surface area (Å²) < 4.78 is 32.4. The number of hydrogen-bond donors (Lipinski definition) is 1. The predicted octanol–water partition coefficient (Wildman–Crippen LogP) is 4.13. The molecule has 2 unspecified atom stereocenters. The van der Waals surface area contributed by atoms with Crippen LogP contribution in [0.25, 0.3) is 0 Å². The van der Waals surface area contributed by atoms with Crippen molar-refractivity contribution in [2.75, 3.05) is 0 Å². The third-order valence-corrected chi connectivity index (χ3v) is 3.41. The molecule has 2 nitrogen and oxygen atoms in total. The van der Waals surface area contributed by atoms with Gasteiger partial charge in [-0.15, -0.1) is 0 Å². The van der Waals surface area contributed by atoms with Crippen molar-refractivity contribution < 1.29 is 13.5 Å². The summed E-state index contributed by atoms with van der Waals surface area (Å²) in [6.45, 7) is 3.93. The lowest BCUT2D eigenvalue weighted by Crippen LogP contribution is -2.31. The number of hydrogen-bond acceptors (Lipinski definition) is 2. The quantitative estimate of drug-likeness (QED) is 0.899. The van der Waals surface area contributed by atoms with E-state index in [1.54, 1.807) is 0 Å². The van der Waals surface area contributed by atoms with Gasteiger partial charge in [-0.1, -0.05) is 36.8 Å². The van der Waals surface area contributed by atoms with E-state index in [0.717, 1.165) is 17.2 Å². The molecule has 0 aliphatic carbocycles. The second-order valence-electron chi connectivity index (χ2n) is 5.10. The van der Waals surface area contributed by atoms with E-state index in [1.165, 1.54) is 12.1 Å². The highest BCUT2D eigenvalue weighted by Gasteiger charge is 2.22. The fourth-order valence-electron chi connectivity index (χ4n) is 2.08. The van der Waals surface area contributed by atoms with Crippen LogP contribution in [-0.4, -0.2) is 6.04 Å². The van der Waals surface area contributed by atoms with E-state index in [1.807, 2.05) is 38.1 Å². The second-order valence-corrected chi connectivity index (χ2v) is 5.10. The molecule has 112 valence electrons. The standard InChI is InChI=1S/C17H19F2NO/c1-3-15(20)17(12-6-4-11(2)5-7-12)21-16-9-8-13(18)10-14(16)19/h4-10,15,17H,3,20H2,1-2H3. The maximum absolute atomic E-state index is 13.8. The third-order valence-electron chi connectivity index (χ3n) is 3.41. The van der Waals surface area contributed by atoms with Gasteiger partial charge in [0.25, 0.3) is 0 Å². The molecule has 2 atom stereocenters. The number of ether oxygens (including phenoxy) is 1. The van der Waals surface area contributed by atoms with Crippen molar-refractivity contribution in [1.82, 2.24) is 0 Å². The molecule has 2 rings (SSSR count). The predicted molar refractivity (Wildman–Crippen MR) is 79.2 cm³/mol. The Morgan fingerprint density at radius 1 is 1.10 bits per heavy atom. The minimum Gasteiger partial charge on any atom is -0.481 e. The lowest BCUT2D eigenvalue weighted by molar-refractivity contribution is 0.163. The van der Waals surface area contributed by atoms with Crippen molar-refractivity contribution in [3.8, 4) is 5.75 Å². The van der Waals surface area contributed by atoms with Gasteiger partial charge in [0.05, 0.1) is 0 Å². The molecule has 0 aliphatic rings. The number of benzene rings is 2. The normalized spacial score (nSPS) is 13.8. The van der Waals surface area contributed by atoms with Crippen LogP contribution in [0.1, 0.15) is 30.6 Å². The van der Waals surface area contributed by atoms with Crippen molar-refractivity contribution in [3.63, 3.8) is 0 Å². The summed E-state index contributed by atoms with van der Waals surface area (Å²) in [4.78, 5) is 0. The fraction of sp³-hybridized carbons (Fsp3) is 0.294. The zero-order valence-electron chi connectivity index (χ0n) is 12.1. The van der Waals surface area contributed by atoms with Crippen LogP contribution < -0.4 is 10.5 Å². The van der Waals surface area contributed by atoms with Crippen LogP contribution in [0.15, 0.2) is 42.5 Å². The molecule has 0 spiro atoms. The van der Waals surface area contributed by atoms with Crippen LogP contribution in [0, 0.1) is 18.6 Å². The summed E-state index contributed by atoms with van der Waals surface area (Å²) >= 11 is 0. The summed E-state index contributed by atoms with van der Waals surface area (Å²) in [7, 11) is 0. The number of halogens is 2. The Kier molecular flexibility index (Phi) is 4.91. The largest absolute Gasteiger partial charge is 0.481 e. The Bertz CT molecular complexity index is 598. The molecule has 0 saturated heterocycles. The first kappa shape index (κ1) is 15.4. The maximum atomic E-state index is 13.8. The highest BCUT2D eigenvalue weighted by molar-refractivity contribution is 5.29. The zero-order chi connectivity index (χ0) is 15.4. The third kappa shape index (κ3) is 3.79. The van der Waals surface area contributed by atoms with Crippen molar-refractivity contribution >= 4 is 0 Å². The molecule has 2 N–H and O–H groups in total. The van der Waals surface area contributed by atoms with Crippen LogP contribution in [0.5, 0.6) is 5.75 Å². The van der Waals surface area contributed by atoms with Crippen molar-refractivity contribution in [2.45, 2.75) is 32.4 Å². The average Bonchev–Trinajstić information content (AvgIpc) is 2.47. The average molecular weight is 291 g/mol. The zero-order valence-corrected chi connectivity index (χ0v) is 12.1. The fourth-order valence-corrected chi connectivity index (χ4v) is 2.08. The van der Waals surface area contributed by atoms with E-state index in [-0.39, 0.29) is 11.8 Å². The molecule has 0 amide bonds. The topological polar surface area (TPSA) is 35.2 Å². The van der Waals surface area contributed by atoms with Gasteiger partial charge in [-0.2, -0.15) is 0 Å². The molecular formula is C17H19F2NO. The van der Waals surface area contributed by atoms with Crippen LogP contribution >= 0.6 is 0 Å². The molecule has 0 fully saturated rings. The summed E-state index contributed by atoms with van der Waals surface area (Å²) in [6.07, 6.45) is 0.206. The molecule has 0 aliphatic heterocycles. The molecule has 0 radical (unpaired) electrons. The van der Waals surface area contributed by atoms with Crippen LogP contribution in [-0.2, 0) is 0 Å². The summed E-state index contributed by atoms with van der Waals surface area (Å²) in [6, 6.07) is 10.7. The van der Waals surface area contributed by atoms with Gasteiger partial charge < -0.3 is 10.5 Å². The maximum Gasteiger partial charge on any atom is 0.168 e. The van der Waals surface area contributed by atoms with E-state index < -0.39 is 17.7 Å². The van der Waals surface area contributed by atoms with E-state index in [9.17, 15) is 8.78 Å². The van der Waals surface area contributed by atoms with E-state index in [0.29, 0.717) is 6.42 Å². The van der Waals surface area contributed by atoms with Gasteiger partial charge in [-0.3, -0.25) is 0 Å². The molecule has 2 aromatic carbocycles. The summed E-state index contributed by atoms with van der Waals surface area (Å²) in [5, 5.41) is 0. The Morgan fingerprint density at radius 2 is 1.76 bits per heavy atom. The first-order chi connectivity index (χ1) is 10.0. The first-order valence-electron chi connectivity index (χ1n) is 6.95. The lowest BCUT2D eigenvalue weighted by Gasteiger charge is -2.25. The van der Waals surface area contributed by atoms with Gasteiger partial charge in [0.1, 0.15) is 11.9 Å². The van der Waals surface area contributed by atoms with Crippen molar-refractivity contribution in [3.05, 3.63) is 65.2 Å². The van der Waals surface area contributed by atoms with Crippen LogP contribution in [0.4, 0.5) is 8.78 Å². The van der Waals surface area contributed by atoms with Gasteiger partial charge in [-0.05, 0) is 31.0 Å². The van der Waals surface area contributed by atoms with E-state index >= 15 is 0 Å². The molecule has 21 heavy (non-hydrogen) atoms. The molecule has 0 heterocycles. The number of aryl methyl sites for hydroxylation is 1. The second kappa shape index (κ2) is 6.68. The first-order valence-corrected chi connectivity index (χ1v) is 6.95. The van der Waals surface area contributed by atoms with Gasteiger partial charge in [0, 0.05) is 12.1 Å². The Labute approximate surface area is 123 Å². The molecule has 0 saturated carbocycles. The van der Waals surface area contributed by atoms with Crippen molar-refractivity contribution in [1.29, 1.82) is 0 Å². The Hall–Kier alpha value is -1.94. The smallest absolute Gasteiger partial charge is 0.168 e. The SMILES string of the molecule is CCC(N)C(Oc1ccc(F)cc1F)c1ccc(C)cc1. The van der Waals surface area contributed by atoms with Gasteiger partial charge >= 0.3 is 0 Å². The van der Waals surface area contributed by atoms with E-state index in [4.69, 9.17) is 10.5 Å². The van der Waals surface area contributed by atoms with Gasteiger partial charge in [0.15, 0.2) is 11.6 Å². The summed E-state index contributed by atoms with van der Waals surface area (Å²) in [5.74, 6) is -1.35.